The zero-order valence-electron chi connectivity index (χ0n) is 8.62. The predicted molar refractivity (Wildman–Crippen MR) is 65.6 cm³/mol. The fourth-order valence-corrected chi connectivity index (χ4v) is 1.87. The second-order valence-corrected chi connectivity index (χ2v) is 4.20. The lowest BCUT2D eigenvalue weighted by atomic mass is 10.1. The molecule has 0 bridgehead atoms. The van der Waals surface area contributed by atoms with Crippen molar-refractivity contribution in [3.8, 4) is 11.1 Å². The highest BCUT2D eigenvalue weighted by Gasteiger charge is 2.10. The van der Waals surface area contributed by atoms with E-state index in [2.05, 4.69) is 4.98 Å². The first kappa shape index (κ1) is 12.3. The van der Waals surface area contributed by atoms with Crippen LogP contribution in [0.2, 0.25) is 10.0 Å². The zero-order chi connectivity index (χ0) is 12.4. The van der Waals surface area contributed by atoms with Crippen molar-refractivity contribution in [3.05, 3.63) is 52.0 Å². The lowest BCUT2D eigenvalue weighted by Crippen LogP contribution is -1.95. The van der Waals surface area contributed by atoms with Gasteiger partial charge in [0.25, 0.3) is 0 Å². The molecule has 1 heterocycles. The lowest BCUT2D eigenvalue weighted by Gasteiger charge is -2.07. The van der Waals surface area contributed by atoms with E-state index < -0.39 is 12.4 Å². The summed E-state index contributed by atoms with van der Waals surface area (Å²) in [4.78, 5) is 3.82. The van der Waals surface area contributed by atoms with Crippen molar-refractivity contribution in [1.82, 2.24) is 4.98 Å². The van der Waals surface area contributed by atoms with Crippen molar-refractivity contribution in [2.75, 3.05) is 0 Å². The smallest absolute Gasteiger partial charge is 0.147 e. The van der Waals surface area contributed by atoms with Crippen LogP contribution >= 0.6 is 23.2 Å². The van der Waals surface area contributed by atoms with Crippen LogP contribution in [-0.4, -0.2) is 10.1 Å². The van der Waals surface area contributed by atoms with E-state index >= 15 is 0 Å². The van der Waals surface area contributed by atoms with Gasteiger partial charge in [0.1, 0.15) is 11.5 Å². The molecule has 0 spiro atoms. The molecule has 2 nitrogen and oxygen atoms in total. The van der Waals surface area contributed by atoms with Gasteiger partial charge in [0.2, 0.25) is 0 Å². The number of aromatic nitrogens is 1. The standard InChI is InChI=1S/C12H8Cl2FNO/c13-9-3-1-2-8(12(9)14)7-4-10(15)11(6-17)16-5-7/h1-5,17H,6H2. The quantitative estimate of drug-likeness (QED) is 0.904. The summed E-state index contributed by atoms with van der Waals surface area (Å²) in [6.07, 6.45) is 1.45. The molecule has 0 atom stereocenters. The average Bonchev–Trinajstić information content (AvgIpc) is 2.32. The molecule has 0 saturated heterocycles. The Hall–Kier alpha value is -1.16. The van der Waals surface area contributed by atoms with Crippen molar-refractivity contribution >= 4 is 23.2 Å². The molecule has 0 amide bonds. The molecule has 5 heteroatoms. The Bertz CT molecular complexity index is 560. The molecule has 0 aliphatic carbocycles. The highest BCUT2D eigenvalue weighted by molar-refractivity contribution is 6.43. The van der Waals surface area contributed by atoms with Crippen molar-refractivity contribution in [1.29, 1.82) is 0 Å². The Balaban J connectivity index is 2.54. The van der Waals surface area contributed by atoms with Gasteiger partial charge in [0, 0.05) is 17.3 Å². The SMILES string of the molecule is OCc1ncc(-c2cccc(Cl)c2Cl)cc1F. The maximum Gasteiger partial charge on any atom is 0.147 e. The van der Waals surface area contributed by atoms with Crippen LogP contribution in [0, 0.1) is 5.82 Å². The Morgan fingerprint density at radius 2 is 2.06 bits per heavy atom. The molecule has 0 fully saturated rings. The van der Waals surface area contributed by atoms with Gasteiger partial charge in [0.05, 0.1) is 16.7 Å². The highest BCUT2D eigenvalue weighted by Crippen LogP contribution is 2.33. The molecule has 2 rings (SSSR count). The van der Waals surface area contributed by atoms with E-state index in [1.54, 1.807) is 18.2 Å². The summed E-state index contributed by atoms with van der Waals surface area (Å²) in [5.74, 6) is -0.568. The molecule has 0 unspecified atom stereocenters. The van der Waals surface area contributed by atoms with Gasteiger partial charge in [-0.25, -0.2) is 4.39 Å². The Morgan fingerprint density at radius 3 is 2.71 bits per heavy atom. The van der Waals surface area contributed by atoms with E-state index in [0.29, 0.717) is 21.2 Å². The van der Waals surface area contributed by atoms with Crippen LogP contribution in [0.4, 0.5) is 4.39 Å². The molecule has 1 aromatic heterocycles. The fraction of sp³-hybridized carbons (Fsp3) is 0.0833. The summed E-state index contributed by atoms with van der Waals surface area (Å²) in [6, 6.07) is 6.38. The summed E-state index contributed by atoms with van der Waals surface area (Å²) in [6.45, 7) is -0.435. The molecular formula is C12H8Cl2FNO. The number of pyridine rings is 1. The van der Waals surface area contributed by atoms with Crippen LogP contribution < -0.4 is 0 Å². The first-order valence-corrected chi connectivity index (χ1v) is 5.58. The number of aliphatic hydroxyl groups excluding tert-OH is 1. The Kier molecular flexibility index (Phi) is 3.62. The number of benzene rings is 1. The first-order valence-electron chi connectivity index (χ1n) is 4.83. The lowest BCUT2D eigenvalue weighted by molar-refractivity contribution is 0.270. The number of hydrogen-bond acceptors (Lipinski definition) is 2. The van der Waals surface area contributed by atoms with Gasteiger partial charge in [-0.15, -0.1) is 0 Å². The van der Waals surface area contributed by atoms with Crippen LogP contribution in [0.25, 0.3) is 11.1 Å². The van der Waals surface area contributed by atoms with E-state index in [-0.39, 0.29) is 5.69 Å². The van der Waals surface area contributed by atoms with Crippen LogP contribution in [0.3, 0.4) is 0 Å². The second-order valence-electron chi connectivity index (χ2n) is 3.41. The number of nitrogens with zero attached hydrogens (tertiary/aromatic N) is 1. The number of rotatable bonds is 2. The minimum absolute atomic E-state index is 0.00639. The summed E-state index contributed by atoms with van der Waals surface area (Å²) in [5.41, 5.74) is 1.13. The maximum absolute atomic E-state index is 13.5. The number of hydrogen-bond donors (Lipinski definition) is 1. The van der Waals surface area contributed by atoms with E-state index in [4.69, 9.17) is 28.3 Å². The Morgan fingerprint density at radius 1 is 1.29 bits per heavy atom. The van der Waals surface area contributed by atoms with E-state index in [9.17, 15) is 4.39 Å². The third-order valence-electron chi connectivity index (χ3n) is 2.33. The van der Waals surface area contributed by atoms with E-state index in [0.717, 1.165) is 0 Å². The van der Waals surface area contributed by atoms with E-state index in [1.165, 1.54) is 12.3 Å². The topological polar surface area (TPSA) is 33.1 Å². The molecule has 0 aliphatic heterocycles. The normalized spacial score (nSPS) is 10.6. The van der Waals surface area contributed by atoms with Gasteiger partial charge in [-0.2, -0.15) is 0 Å². The summed E-state index contributed by atoms with van der Waals surface area (Å²) in [5, 5.41) is 9.58. The third kappa shape index (κ3) is 2.41. The number of halogens is 3. The molecule has 0 radical (unpaired) electrons. The molecule has 0 saturated carbocycles. The Labute approximate surface area is 108 Å². The molecule has 1 aromatic carbocycles. The molecule has 2 aromatic rings. The molecule has 0 aliphatic rings. The van der Waals surface area contributed by atoms with Crippen molar-refractivity contribution < 1.29 is 9.50 Å². The average molecular weight is 272 g/mol. The van der Waals surface area contributed by atoms with Gasteiger partial charge in [-0.3, -0.25) is 4.98 Å². The van der Waals surface area contributed by atoms with Crippen LogP contribution in [-0.2, 0) is 6.61 Å². The summed E-state index contributed by atoms with van der Waals surface area (Å²) < 4.78 is 13.5. The van der Waals surface area contributed by atoms with Gasteiger partial charge in [-0.1, -0.05) is 35.3 Å². The van der Waals surface area contributed by atoms with Gasteiger partial charge < -0.3 is 5.11 Å². The minimum Gasteiger partial charge on any atom is -0.390 e. The van der Waals surface area contributed by atoms with Crippen LogP contribution in [0.5, 0.6) is 0 Å². The van der Waals surface area contributed by atoms with Gasteiger partial charge in [0.15, 0.2) is 0 Å². The van der Waals surface area contributed by atoms with Crippen molar-refractivity contribution in [3.63, 3.8) is 0 Å². The number of aliphatic hydroxyl groups is 1. The second kappa shape index (κ2) is 5.00. The van der Waals surface area contributed by atoms with Crippen LogP contribution in [0.15, 0.2) is 30.5 Å². The minimum atomic E-state index is -0.568. The zero-order valence-corrected chi connectivity index (χ0v) is 10.1. The molecule has 17 heavy (non-hydrogen) atoms. The maximum atomic E-state index is 13.5. The summed E-state index contributed by atoms with van der Waals surface area (Å²) in [7, 11) is 0. The monoisotopic (exact) mass is 271 g/mol. The van der Waals surface area contributed by atoms with Gasteiger partial charge >= 0.3 is 0 Å². The molecule has 88 valence electrons. The predicted octanol–water partition coefficient (Wildman–Crippen LogP) is 3.69. The largest absolute Gasteiger partial charge is 0.390 e. The molecular weight excluding hydrogens is 264 g/mol. The third-order valence-corrected chi connectivity index (χ3v) is 3.15. The van der Waals surface area contributed by atoms with Crippen molar-refractivity contribution in [2.45, 2.75) is 6.61 Å². The van der Waals surface area contributed by atoms with Gasteiger partial charge in [-0.05, 0) is 12.1 Å². The van der Waals surface area contributed by atoms with Crippen molar-refractivity contribution in [2.24, 2.45) is 0 Å². The first-order chi connectivity index (χ1) is 8.13. The van der Waals surface area contributed by atoms with Crippen LogP contribution in [0.1, 0.15) is 5.69 Å². The highest BCUT2D eigenvalue weighted by atomic mass is 35.5. The summed E-state index contributed by atoms with van der Waals surface area (Å²) >= 11 is 11.9. The fourth-order valence-electron chi connectivity index (χ4n) is 1.46. The molecule has 1 N–H and O–H groups in total. The van der Waals surface area contributed by atoms with E-state index in [1.807, 2.05) is 0 Å².